The normalized spacial score (nSPS) is 12.0. The van der Waals surface area contributed by atoms with Crippen LogP contribution in [-0.4, -0.2) is 50.8 Å². The number of carbonyl (C=O) groups excluding carboxylic acids is 2. The number of nitrogens with one attached hydrogen (secondary N) is 1. The maximum atomic E-state index is 13.9. The van der Waals surface area contributed by atoms with Crippen molar-refractivity contribution in [1.82, 2.24) is 10.2 Å². The summed E-state index contributed by atoms with van der Waals surface area (Å²) >= 11 is 12.6. The van der Waals surface area contributed by atoms with Gasteiger partial charge in [-0.1, -0.05) is 78.7 Å². The van der Waals surface area contributed by atoms with Gasteiger partial charge in [-0.25, -0.2) is 8.42 Å². The fraction of sp³-hybridized carbons (Fsp3) is 0.286. The molecule has 3 aromatic carbocycles. The monoisotopic (exact) mass is 575 g/mol. The van der Waals surface area contributed by atoms with Crippen LogP contribution in [0.4, 0.5) is 5.69 Å². The lowest BCUT2D eigenvalue weighted by Gasteiger charge is -2.33. The molecule has 0 saturated heterocycles. The second-order valence-corrected chi connectivity index (χ2v) is 11.3. The number of nitrogens with zero attached hydrogens (tertiary/aromatic N) is 2. The van der Waals surface area contributed by atoms with E-state index in [2.05, 4.69) is 5.32 Å². The molecule has 0 aliphatic heterocycles. The van der Waals surface area contributed by atoms with Gasteiger partial charge in [-0.2, -0.15) is 0 Å². The van der Waals surface area contributed by atoms with E-state index in [0.717, 1.165) is 9.87 Å². The minimum absolute atomic E-state index is 0.00422. The molecule has 0 aromatic heterocycles. The van der Waals surface area contributed by atoms with E-state index in [1.807, 2.05) is 37.3 Å². The van der Waals surface area contributed by atoms with Crippen molar-refractivity contribution in [1.29, 1.82) is 0 Å². The molecule has 0 fully saturated rings. The van der Waals surface area contributed by atoms with Crippen molar-refractivity contribution in [2.45, 2.75) is 37.6 Å². The predicted octanol–water partition coefficient (Wildman–Crippen LogP) is 5.17. The highest BCUT2D eigenvalue weighted by molar-refractivity contribution is 7.92. The Labute approximate surface area is 234 Å². The van der Waals surface area contributed by atoms with Gasteiger partial charge in [-0.3, -0.25) is 13.9 Å². The molecule has 10 heteroatoms. The summed E-state index contributed by atoms with van der Waals surface area (Å²) in [5.41, 5.74) is 1.06. The molecule has 0 spiro atoms. The molecule has 0 saturated carbocycles. The van der Waals surface area contributed by atoms with Crippen molar-refractivity contribution < 1.29 is 18.0 Å². The van der Waals surface area contributed by atoms with Gasteiger partial charge >= 0.3 is 0 Å². The van der Waals surface area contributed by atoms with Gasteiger partial charge in [0.05, 0.1) is 15.6 Å². The molecule has 1 atom stereocenters. The van der Waals surface area contributed by atoms with Crippen LogP contribution in [0.2, 0.25) is 10.0 Å². The summed E-state index contributed by atoms with van der Waals surface area (Å²) in [5.74, 6) is -0.829. The Balaban J connectivity index is 2.03. The van der Waals surface area contributed by atoms with Gasteiger partial charge in [0.1, 0.15) is 12.6 Å². The highest BCUT2D eigenvalue weighted by Crippen LogP contribution is 2.33. The van der Waals surface area contributed by atoms with Crippen LogP contribution in [0.25, 0.3) is 0 Å². The number of carbonyl (C=O) groups is 2. The lowest BCUT2D eigenvalue weighted by Crippen LogP contribution is -2.53. The number of hydrogen-bond donors (Lipinski definition) is 1. The molecular weight excluding hydrogens is 545 g/mol. The van der Waals surface area contributed by atoms with E-state index in [0.29, 0.717) is 19.4 Å². The molecule has 7 nitrogen and oxygen atoms in total. The van der Waals surface area contributed by atoms with E-state index in [9.17, 15) is 18.0 Å². The van der Waals surface area contributed by atoms with Gasteiger partial charge in [0, 0.05) is 18.1 Å². The van der Waals surface area contributed by atoms with Crippen molar-refractivity contribution in [2.24, 2.45) is 0 Å². The quantitative estimate of drug-likeness (QED) is 0.322. The van der Waals surface area contributed by atoms with Crippen LogP contribution in [0.5, 0.6) is 0 Å². The summed E-state index contributed by atoms with van der Waals surface area (Å²) in [5, 5.41) is 3.17. The number of hydrogen-bond acceptors (Lipinski definition) is 4. The number of halogens is 2. The summed E-state index contributed by atoms with van der Waals surface area (Å²) in [4.78, 5) is 28.3. The summed E-state index contributed by atoms with van der Waals surface area (Å²) < 4.78 is 28.5. The van der Waals surface area contributed by atoms with Gasteiger partial charge in [0.25, 0.3) is 10.0 Å². The third kappa shape index (κ3) is 7.28. The van der Waals surface area contributed by atoms with Gasteiger partial charge in [-0.15, -0.1) is 0 Å². The first-order chi connectivity index (χ1) is 18.2. The van der Waals surface area contributed by atoms with E-state index >= 15 is 0 Å². The maximum absolute atomic E-state index is 13.9. The number of sulfonamides is 1. The molecule has 0 unspecified atom stereocenters. The Morgan fingerprint density at radius 2 is 1.55 bits per heavy atom. The Hall–Kier alpha value is -3.07. The highest BCUT2D eigenvalue weighted by Gasteiger charge is 2.34. The number of anilines is 1. The molecule has 1 N–H and O–H groups in total. The summed E-state index contributed by atoms with van der Waals surface area (Å²) in [6.07, 6.45) is 0.849. The van der Waals surface area contributed by atoms with Gasteiger partial charge in [0.2, 0.25) is 11.8 Å². The second-order valence-electron chi connectivity index (χ2n) is 8.56. The predicted molar refractivity (Wildman–Crippen MR) is 152 cm³/mol. The molecule has 0 radical (unpaired) electrons. The first kappa shape index (κ1) is 29.5. The molecule has 38 heavy (non-hydrogen) atoms. The summed E-state index contributed by atoms with van der Waals surface area (Å²) in [7, 11) is -4.21. The molecular formula is C28H31Cl2N3O4S. The van der Waals surface area contributed by atoms with Crippen LogP contribution in [0.3, 0.4) is 0 Å². The number of likely N-dealkylation sites (N-methyl/N-ethyl adjacent to an activating group) is 1. The first-order valence-electron chi connectivity index (χ1n) is 12.3. The first-order valence-corrected chi connectivity index (χ1v) is 14.5. The van der Waals surface area contributed by atoms with Crippen LogP contribution in [-0.2, 0) is 26.0 Å². The Morgan fingerprint density at radius 3 is 2.16 bits per heavy atom. The smallest absolute Gasteiger partial charge is 0.264 e. The lowest BCUT2D eigenvalue weighted by molar-refractivity contribution is -0.139. The third-order valence-electron chi connectivity index (χ3n) is 6.01. The zero-order chi connectivity index (χ0) is 27.7. The van der Waals surface area contributed by atoms with E-state index < -0.39 is 28.5 Å². The molecule has 3 aromatic rings. The summed E-state index contributed by atoms with van der Waals surface area (Å²) in [6.45, 7) is 3.68. The Morgan fingerprint density at radius 1 is 0.921 bits per heavy atom. The van der Waals surface area contributed by atoms with Crippen molar-refractivity contribution in [2.75, 3.05) is 23.9 Å². The van der Waals surface area contributed by atoms with Crippen molar-refractivity contribution in [3.05, 3.63) is 94.5 Å². The lowest BCUT2D eigenvalue weighted by atomic mass is 10.1. The molecule has 0 bridgehead atoms. The van der Waals surface area contributed by atoms with Crippen LogP contribution in [0.15, 0.2) is 83.8 Å². The van der Waals surface area contributed by atoms with Crippen LogP contribution in [0.1, 0.15) is 25.8 Å². The van der Waals surface area contributed by atoms with Crippen LogP contribution in [0, 0.1) is 0 Å². The van der Waals surface area contributed by atoms with Crippen molar-refractivity contribution >= 4 is 50.7 Å². The molecule has 0 heterocycles. The van der Waals surface area contributed by atoms with Crippen LogP contribution >= 0.6 is 23.2 Å². The number of benzene rings is 3. The topological polar surface area (TPSA) is 86.8 Å². The second kappa shape index (κ2) is 13.6. The molecule has 0 aliphatic carbocycles. The minimum atomic E-state index is -4.21. The number of amides is 2. The minimum Gasteiger partial charge on any atom is -0.355 e. The molecule has 3 rings (SSSR count). The van der Waals surface area contributed by atoms with Crippen molar-refractivity contribution in [3.8, 4) is 0 Å². The van der Waals surface area contributed by atoms with Gasteiger partial charge in [-0.05, 0) is 55.7 Å². The van der Waals surface area contributed by atoms with Gasteiger partial charge in [0.15, 0.2) is 0 Å². The summed E-state index contributed by atoms with van der Waals surface area (Å²) in [6, 6.07) is 21.0. The molecule has 202 valence electrons. The molecule has 2 amide bonds. The maximum Gasteiger partial charge on any atom is 0.264 e. The Kier molecular flexibility index (Phi) is 10.6. The van der Waals surface area contributed by atoms with E-state index in [4.69, 9.17) is 23.2 Å². The van der Waals surface area contributed by atoms with E-state index in [1.165, 1.54) is 35.2 Å². The van der Waals surface area contributed by atoms with E-state index in [1.54, 1.807) is 25.1 Å². The standard InChI is InChI=1S/C28H31Cl2N3O4S/c1-3-25(28(35)31-4-2)32(18-17-21-11-7-5-8-12-21)27(34)20-33(26-19-22(29)15-16-24(26)30)38(36,37)23-13-9-6-10-14-23/h5-16,19,25H,3-4,17-18,20H2,1-2H3,(H,31,35)/t25-/m0/s1. The SMILES string of the molecule is CCNC(=O)[C@H](CC)N(CCc1ccccc1)C(=O)CN(c1cc(Cl)ccc1Cl)S(=O)(=O)c1ccccc1. The van der Waals surface area contributed by atoms with Crippen molar-refractivity contribution in [3.63, 3.8) is 0 Å². The zero-order valence-corrected chi connectivity index (χ0v) is 23.6. The van der Waals surface area contributed by atoms with Gasteiger partial charge < -0.3 is 10.2 Å². The third-order valence-corrected chi connectivity index (χ3v) is 8.34. The fourth-order valence-corrected chi connectivity index (χ4v) is 5.98. The highest BCUT2D eigenvalue weighted by atomic mass is 35.5. The molecule has 0 aliphatic rings. The van der Waals surface area contributed by atoms with E-state index in [-0.39, 0.29) is 33.1 Å². The average Bonchev–Trinajstić information content (AvgIpc) is 2.92. The largest absolute Gasteiger partial charge is 0.355 e. The zero-order valence-electron chi connectivity index (χ0n) is 21.3. The van der Waals surface area contributed by atoms with Crippen LogP contribution < -0.4 is 9.62 Å². The average molecular weight is 577 g/mol. The Bertz CT molecular complexity index is 1340. The fourth-order valence-electron chi connectivity index (χ4n) is 4.10. The number of rotatable bonds is 12.